The van der Waals surface area contributed by atoms with Crippen LogP contribution in [-0.2, 0) is 20.8 Å². The number of hydrogen-bond acceptors (Lipinski definition) is 3. The molecule has 0 aromatic heterocycles. The highest BCUT2D eigenvalue weighted by Gasteiger charge is 2.27. The van der Waals surface area contributed by atoms with Gasteiger partial charge < -0.3 is 15.5 Å². The molecule has 0 unspecified atom stereocenters. The van der Waals surface area contributed by atoms with E-state index < -0.39 is 0 Å². The smallest absolute Gasteiger partial charge is 0.227 e. The summed E-state index contributed by atoms with van der Waals surface area (Å²) < 4.78 is 13.0. The van der Waals surface area contributed by atoms with Gasteiger partial charge in [-0.15, -0.1) is 0 Å². The Balaban J connectivity index is 1.47. The van der Waals surface area contributed by atoms with Gasteiger partial charge >= 0.3 is 0 Å². The largest absolute Gasteiger partial charge is 0.342 e. The van der Waals surface area contributed by atoms with Crippen LogP contribution >= 0.6 is 0 Å². The Hall–Kier alpha value is -3.22. The molecule has 6 nitrogen and oxygen atoms in total. The Kier molecular flexibility index (Phi) is 6.59. The van der Waals surface area contributed by atoms with E-state index in [1.807, 2.05) is 0 Å². The lowest BCUT2D eigenvalue weighted by Gasteiger charge is -2.31. The van der Waals surface area contributed by atoms with Gasteiger partial charge in [0.2, 0.25) is 17.7 Å². The molecule has 0 saturated carbocycles. The van der Waals surface area contributed by atoms with E-state index in [9.17, 15) is 18.8 Å². The zero-order valence-electron chi connectivity index (χ0n) is 16.3. The minimum absolute atomic E-state index is 0.0102. The molecule has 1 heterocycles. The highest BCUT2D eigenvalue weighted by molar-refractivity contribution is 5.93. The Labute approximate surface area is 169 Å². The second-order valence-electron chi connectivity index (χ2n) is 7.21. The Bertz CT molecular complexity index is 873. The number of nitrogens with one attached hydrogen (secondary N) is 2. The molecule has 0 aliphatic carbocycles. The van der Waals surface area contributed by atoms with Crippen LogP contribution in [0.5, 0.6) is 0 Å². The third kappa shape index (κ3) is 5.88. The number of amides is 3. The predicted octanol–water partition coefficient (Wildman–Crippen LogP) is 3.20. The quantitative estimate of drug-likeness (QED) is 0.813. The average Bonchev–Trinajstić information content (AvgIpc) is 2.71. The van der Waals surface area contributed by atoms with Crippen LogP contribution in [0.1, 0.15) is 25.3 Å². The topological polar surface area (TPSA) is 78.5 Å². The van der Waals surface area contributed by atoms with Gasteiger partial charge in [-0.2, -0.15) is 0 Å². The summed E-state index contributed by atoms with van der Waals surface area (Å²) in [5, 5.41) is 5.57. The van der Waals surface area contributed by atoms with Gasteiger partial charge in [0.25, 0.3) is 0 Å². The van der Waals surface area contributed by atoms with Crippen molar-refractivity contribution in [1.29, 1.82) is 0 Å². The summed E-state index contributed by atoms with van der Waals surface area (Å²) in [7, 11) is 0. The first kappa shape index (κ1) is 20.5. The van der Waals surface area contributed by atoms with Crippen molar-refractivity contribution in [2.24, 2.45) is 5.92 Å². The monoisotopic (exact) mass is 397 g/mol. The van der Waals surface area contributed by atoms with Gasteiger partial charge in [0.05, 0.1) is 6.42 Å². The van der Waals surface area contributed by atoms with E-state index >= 15 is 0 Å². The van der Waals surface area contributed by atoms with Gasteiger partial charge in [-0.25, -0.2) is 4.39 Å². The molecular formula is C22H24FN3O3. The van der Waals surface area contributed by atoms with Crippen molar-refractivity contribution in [3.63, 3.8) is 0 Å². The molecule has 29 heavy (non-hydrogen) atoms. The van der Waals surface area contributed by atoms with Crippen LogP contribution in [0.4, 0.5) is 15.8 Å². The van der Waals surface area contributed by atoms with Gasteiger partial charge in [-0.05, 0) is 54.8 Å². The van der Waals surface area contributed by atoms with Crippen molar-refractivity contribution in [3.05, 3.63) is 59.9 Å². The summed E-state index contributed by atoms with van der Waals surface area (Å²) in [5.74, 6) is -0.702. The van der Waals surface area contributed by atoms with E-state index in [1.165, 1.54) is 19.1 Å². The van der Waals surface area contributed by atoms with Crippen molar-refractivity contribution in [2.75, 3.05) is 23.7 Å². The maximum absolute atomic E-state index is 13.0. The molecule has 152 valence electrons. The molecule has 1 fully saturated rings. The maximum atomic E-state index is 13.0. The van der Waals surface area contributed by atoms with Crippen LogP contribution in [0.15, 0.2) is 48.5 Å². The van der Waals surface area contributed by atoms with E-state index in [0.29, 0.717) is 37.3 Å². The predicted molar refractivity (Wildman–Crippen MR) is 109 cm³/mol. The summed E-state index contributed by atoms with van der Waals surface area (Å²) in [5.41, 5.74) is 2.11. The molecule has 1 aliphatic heterocycles. The molecule has 0 radical (unpaired) electrons. The molecule has 2 aromatic rings. The second kappa shape index (κ2) is 9.32. The number of carbonyl (C=O) groups excluding carboxylic acids is 3. The molecule has 0 spiro atoms. The Morgan fingerprint density at radius 2 is 1.48 bits per heavy atom. The van der Waals surface area contributed by atoms with E-state index in [1.54, 1.807) is 41.3 Å². The highest BCUT2D eigenvalue weighted by Crippen LogP contribution is 2.21. The van der Waals surface area contributed by atoms with Gasteiger partial charge in [0, 0.05) is 37.3 Å². The number of anilines is 2. The summed E-state index contributed by atoms with van der Waals surface area (Å²) in [6.07, 6.45) is 1.44. The number of benzene rings is 2. The zero-order valence-corrected chi connectivity index (χ0v) is 16.3. The Morgan fingerprint density at radius 1 is 0.931 bits per heavy atom. The fraction of sp³-hybridized carbons (Fsp3) is 0.318. The van der Waals surface area contributed by atoms with Crippen LogP contribution in [0.25, 0.3) is 0 Å². The average molecular weight is 397 g/mol. The van der Waals surface area contributed by atoms with Crippen LogP contribution in [0, 0.1) is 11.7 Å². The van der Waals surface area contributed by atoms with Crippen LogP contribution in [0.3, 0.4) is 0 Å². The van der Waals surface area contributed by atoms with Crippen LogP contribution in [0.2, 0.25) is 0 Å². The maximum Gasteiger partial charge on any atom is 0.227 e. The lowest BCUT2D eigenvalue weighted by molar-refractivity contribution is -0.133. The molecule has 1 saturated heterocycles. The number of halogens is 1. The lowest BCUT2D eigenvalue weighted by Crippen LogP contribution is -2.42. The lowest BCUT2D eigenvalue weighted by atomic mass is 9.95. The van der Waals surface area contributed by atoms with Crippen molar-refractivity contribution < 1.29 is 18.8 Å². The molecular weight excluding hydrogens is 373 g/mol. The highest BCUT2D eigenvalue weighted by atomic mass is 19.1. The second-order valence-corrected chi connectivity index (χ2v) is 7.21. The summed E-state index contributed by atoms with van der Waals surface area (Å²) in [4.78, 5) is 37.7. The molecule has 2 N–H and O–H groups in total. The van der Waals surface area contributed by atoms with E-state index in [0.717, 1.165) is 5.56 Å². The van der Waals surface area contributed by atoms with Gasteiger partial charge in [-0.3, -0.25) is 14.4 Å². The summed E-state index contributed by atoms with van der Waals surface area (Å²) >= 11 is 0. The molecule has 7 heteroatoms. The minimum atomic E-state index is -0.321. The molecule has 3 rings (SSSR count). The number of hydrogen-bond donors (Lipinski definition) is 2. The minimum Gasteiger partial charge on any atom is -0.342 e. The van der Waals surface area contributed by atoms with Crippen molar-refractivity contribution in [3.8, 4) is 0 Å². The van der Waals surface area contributed by atoms with Gasteiger partial charge in [0.15, 0.2) is 0 Å². The third-order valence-corrected chi connectivity index (χ3v) is 4.96. The van der Waals surface area contributed by atoms with Crippen LogP contribution < -0.4 is 10.6 Å². The molecule has 2 aromatic carbocycles. The van der Waals surface area contributed by atoms with Crippen LogP contribution in [-0.4, -0.2) is 35.7 Å². The molecule has 0 bridgehead atoms. The number of carbonyl (C=O) groups is 3. The number of nitrogens with zero attached hydrogens (tertiary/aromatic N) is 1. The first-order chi connectivity index (χ1) is 13.9. The fourth-order valence-electron chi connectivity index (χ4n) is 3.36. The number of rotatable bonds is 5. The Morgan fingerprint density at radius 3 is 2.03 bits per heavy atom. The number of piperidine rings is 1. The van der Waals surface area contributed by atoms with E-state index in [4.69, 9.17) is 0 Å². The molecule has 0 atom stereocenters. The fourth-order valence-corrected chi connectivity index (χ4v) is 3.36. The molecule has 3 amide bonds. The number of likely N-dealkylation sites (tertiary alicyclic amines) is 1. The standard InChI is InChI=1S/C22H24FN3O3/c1-15(27)24-19-6-8-20(9-7-19)25-22(29)17-10-12-26(13-11-17)21(28)14-16-2-4-18(23)5-3-16/h2-9,17H,10-14H2,1H3,(H,24,27)(H,25,29). The summed E-state index contributed by atoms with van der Waals surface area (Å²) in [6, 6.07) is 12.9. The van der Waals surface area contributed by atoms with E-state index in [2.05, 4.69) is 10.6 Å². The molecule has 1 aliphatic rings. The summed E-state index contributed by atoms with van der Waals surface area (Å²) in [6.45, 7) is 2.49. The van der Waals surface area contributed by atoms with Gasteiger partial charge in [0.1, 0.15) is 5.82 Å². The van der Waals surface area contributed by atoms with E-state index in [-0.39, 0.29) is 35.9 Å². The zero-order chi connectivity index (χ0) is 20.8. The third-order valence-electron chi connectivity index (χ3n) is 4.96. The first-order valence-electron chi connectivity index (χ1n) is 9.61. The first-order valence-corrected chi connectivity index (χ1v) is 9.61. The van der Waals surface area contributed by atoms with Crippen molar-refractivity contribution in [2.45, 2.75) is 26.2 Å². The van der Waals surface area contributed by atoms with Crippen molar-refractivity contribution in [1.82, 2.24) is 4.90 Å². The normalized spacial score (nSPS) is 14.3. The van der Waals surface area contributed by atoms with Gasteiger partial charge in [-0.1, -0.05) is 12.1 Å². The van der Waals surface area contributed by atoms with Crippen molar-refractivity contribution >= 4 is 29.1 Å². The SMILES string of the molecule is CC(=O)Nc1ccc(NC(=O)C2CCN(C(=O)Cc3ccc(F)cc3)CC2)cc1.